The first kappa shape index (κ1) is 19.4. The summed E-state index contributed by atoms with van der Waals surface area (Å²) < 4.78 is 1.74. The Morgan fingerprint density at radius 1 is 1.24 bits per heavy atom. The van der Waals surface area contributed by atoms with Crippen LogP contribution in [-0.4, -0.2) is 49.9 Å². The van der Waals surface area contributed by atoms with Gasteiger partial charge in [-0.05, 0) is 44.9 Å². The van der Waals surface area contributed by atoms with Crippen molar-refractivity contribution in [1.82, 2.24) is 14.6 Å². The molecule has 0 spiro atoms. The lowest BCUT2D eigenvalue weighted by Gasteiger charge is -2.20. The number of carbonyl (C=O) groups excluding carboxylic acids is 1. The highest BCUT2D eigenvalue weighted by Gasteiger charge is 2.24. The number of fused-ring (bicyclic) bond motifs is 1. The number of nitrogens with one attached hydrogen (secondary N) is 1. The van der Waals surface area contributed by atoms with Crippen LogP contribution < -0.4 is 10.2 Å². The fourth-order valence-corrected chi connectivity index (χ4v) is 3.53. The molecular formula is C21H25N5O3. The average Bonchev–Trinajstić information content (AvgIpc) is 3.25. The quantitative estimate of drug-likeness (QED) is 0.625. The number of benzene rings is 1. The van der Waals surface area contributed by atoms with Crippen LogP contribution >= 0.6 is 0 Å². The van der Waals surface area contributed by atoms with Crippen molar-refractivity contribution < 1.29 is 15.0 Å². The first-order valence-corrected chi connectivity index (χ1v) is 9.65. The minimum Gasteiger partial charge on any atom is -0.391 e. The van der Waals surface area contributed by atoms with E-state index in [1.165, 1.54) is 0 Å². The molecule has 0 saturated carbocycles. The predicted molar refractivity (Wildman–Crippen MR) is 110 cm³/mol. The largest absolute Gasteiger partial charge is 0.391 e. The van der Waals surface area contributed by atoms with Gasteiger partial charge in [0.25, 0.3) is 5.91 Å². The minimum absolute atomic E-state index is 0.284. The Balaban J connectivity index is 1.63. The average molecular weight is 395 g/mol. The van der Waals surface area contributed by atoms with Crippen molar-refractivity contribution in [2.45, 2.75) is 38.9 Å². The summed E-state index contributed by atoms with van der Waals surface area (Å²) in [6, 6.07) is 10.5. The fourth-order valence-electron chi connectivity index (χ4n) is 3.53. The number of hydrogen-bond donors (Lipinski definition) is 3. The van der Waals surface area contributed by atoms with Crippen molar-refractivity contribution in [2.24, 2.45) is 0 Å². The van der Waals surface area contributed by atoms with Crippen LogP contribution in [0, 0.1) is 6.92 Å². The van der Waals surface area contributed by atoms with Gasteiger partial charge >= 0.3 is 0 Å². The number of amides is 1. The summed E-state index contributed by atoms with van der Waals surface area (Å²) in [5, 5.41) is 27.3. The standard InChI is InChI=1S/C21H25N5O3/c1-13-10-18-22-17(11-19(26(18)24-13)25-9-8-16(27)12-25)23-20(28)14-4-6-15(7-5-14)21(2,3)29/h4-7,10-11,16,27,29H,8-9,12H2,1-3H3,(H,22,23,28)/t16-/m1/s1. The Morgan fingerprint density at radius 2 is 1.97 bits per heavy atom. The highest BCUT2D eigenvalue weighted by atomic mass is 16.3. The summed E-state index contributed by atoms with van der Waals surface area (Å²) in [4.78, 5) is 19.3. The van der Waals surface area contributed by atoms with Crippen LogP contribution in [0.4, 0.5) is 11.6 Å². The van der Waals surface area contributed by atoms with Crippen LogP contribution in [0.25, 0.3) is 5.65 Å². The lowest BCUT2D eigenvalue weighted by atomic mass is 9.97. The third-order valence-corrected chi connectivity index (χ3v) is 5.11. The van der Waals surface area contributed by atoms with Crippen molar-refractivity contribution in [3.05, 3.63) is 53.2 Å². The number of aromatic nitrogens is 3. The van der Waals surface area contributed by atoms with Crippen LogP contribution in [0.3, 0.4) is 0 Å². The van der Waals surface area contributed by atoms with E-state index in [1.807, 2.05) is 17.9 Å². The molecule has 1 saturated heterocycles. The monoisotopic (exact) mass is 395 g/mol. The Morgan fingerprint density at radius 3 is 2.59 bits per heavy atom. The van der Waals surface area contributed by atoms with Gasteiger partial charge in [-0.1, -0.05) is 12.1 Å². The first-order chi connectivity index (χ1) is 13.7. The number of β-amino-alcohol motifs (C(OH)–C–C–N with tert-alkyl or cyclic N) is 1. The summed E-state index contributed by atoms with van der Waals surface area (Å²) >= 11 is 0. The molecule has 0 aliphatic carbocycles. The van der Waals surface area contributed by atoms with Crippen LogP contribution in [-0.2, 0) is 5.60 Å². The zero-order valence-corrected chi connectivity index (χ0v) is 16.8. The molecule has 1 aliphatic rings. The van der Waals surface area contributed by atoms with Crippen molar-refractivity contribution in [3.8, 4) is 0 Å². The van der Waals surface area contributed by atoms with Gasteiger partial charge in [-0.2, -0.15) is 9.61 Å². The number of rotatable bonds is 4. The van der Waals surface area contributed by atoms with E-state index in [0.29, 0.717) is 36.5 Å². The van der Waals surface area contributed by atoms with Crippen molar-refractivity contribution in [3.63, 3.8) is 0 Å². The summed E-state index contributed by atoms with van der Waals surface area (Å²) in [5.74, 6) is 0.922. The Kier molecular flexibility index (Phi) is 4.76. The molecule has 3 aromatic rings. The number of hydrogen-bond acceptors (Lipinski definition) is 6. The van der Waals surface area contributed by atoms with E-state index in [-0.39, 0.29) is 12.0 Å². The molecule has 3 heterocycles. The fraction of sp³-hybridized carbons (Fsp3) is 0.381. The molecule has 8 nitrogen and oxygen atoms in total. The zero-order chi connectivity index (χ0) is 20.8. The minimum atomic E-state index is -0.962. The molecule has 0 unspecified atom stereocenters. The second kappa shape index (κ2) is 7.13. The summed E-state index contributed by atoms with van der Waals surface area (Å²) in [5.41, 5.74) is 1.70. The molecule has 1 aromatic carbocycles. The van der Waals surface area contributed by atoms with Crippen LogP contribution in [0.1, 0.15) is 41.9 Å². The molecule has 4 rings (SSSR count). The van der Waals surface area contributed by atoms with Crippen LogP contribution in [0.2, 0.25) is 0 Å². The van der Waals surface area contributed by atoms with Gasteiger partial charge in [0.05, 0.1) is 17.4 Å². The van der Waals surface area contributed by atoms with Gasteiger partial charge in [-0.25, -0.2) is 4.98 Å². The van der Waals surface area contributed by atoms with Crippen molar-refractivity contribution in [1.29, 1.82) is 0 Å². The maximum atomic E-state index is 12.7. The van der Waals surface area contributed by atoms with Gasteiger partial charge in [0.15, 0.2) is 5.65 Å². The van der Waals surface area contributed by atoms with Gasteiger partial charge in [0, 0.05) is 30.8 Å². The lowest BCUT2D eigenvalue weighted by Crippen LogP contribution is -2.24. The molecule has 1 atom stereocenters. The molecule has 0 radical (unpaired) electrons. The molecule has 1 amide bonds. The van der Waals surface area contributed by atoms with E-state index in [0.717, 1.165) is 17.1 Å². The SMILES string of the molecule is Cc1cc2nc(NC(=O)c3ccc(C(C)(C)O)cc3)cc(N3CC[C@@H](O)C3)n2n1. The van der Waals surface area contributed by atoms with E-state index in [1.54, 1.807) is 48.7 Å². The molecule has 8 heteroatoms. The first-order valence-electron chi connectivity index (χ1n) is 9.65. The number of aryl methyl sites for hydroxylation is 1. The van der Waals surface area contributed by atoms with E-state index < -0.39 is 5.60 Å². The van der Waals surface area contributed by atoms with E-state index in [9.17, 15) is 15.0 Å². The number of aliphatic hydroxyl groups excluding tert-OH is 1. The Labute approximate surface area is 168 Å². The van der Waals surface area contributed by atoms with Crippen molar-refractivity contribution >= 4 is 23.2 Å². The predicted octanol–water partition coefficient (Wildman–Crippen LogP) is 2.09. The molecule has 29 heavy (non-hydrogen) atoms. The second-order valence-electron chi connectivity index (χ2n) is 8.03. The molecule has 3 N–H and O–H groups in total. The summed E-state index contributed by atoms with van der Waals surface area (Å²) in [7, 11) is 0. The van der Waals surface area contributed by atoms with Crippen molar-refractivity contribution in [2.75, 3.05) is 23.3 Å². The Hall–Kier alpha value is -2.97. The number of nitrogens with zero attached hydrogens (tertiary/aromatic N) is 4. The number of carbonyl (C=O) groups is 1. The highest BCUT2D eigenvalue weighted by Crippen LogP contribution is 2.25. The van der Waals surface area contributed by atoms with Gasteiger partial charge < -0.3 is 20.4 Å². The van der Waals surface area contributed by atoms with E-state index in [2.05, 4.69) is 15.4 Å². The topological polar surface area (TPSA) is 103 Å². The maximum absolute atomic E-state index is 12.7. The van der Waals surface area contributed by atoms with Gasteiger partial charge in [0.2, 0.25) is 0 Å². The lowest BCUT2D eigenvalue weighted by molar-refractivity contribution is 0.0785. The summed E-state index contributed by atoms with van der Waals surface area (Å²) in [6.45, 7) is 6.52. The van der Waals surface area contributed by atoms with Crippen LogP contribution in [0.15, 0.2) is 36.4 Å². The van der Waals surface area contributed by atoms with Gasteiger partial charge in [0.1, 0.15) is 11.6 Å². The van der Waals surface area contributed by atoms with Crippen LogP contribution in [0.5, 0.6) is 0 Å². The highest BCUT2D eigenvalue weighted by molar-refractivity contribution is 6.04. The van der Waals surface area contributed by atoms with Gasteiger partial charge in [-0.15, -0.1) is 0 Å². The summed E-state index contributed by atoms with van der Waals surface area (Å²) in [6.07, 6.45) is 0.321. The third-order valence-electron chi connectivity index (χ3n) is 5.11. The molecule has 0 bridgehead atoms. The Bertz CT molecular complexity index is 1050. The normalized spacial score (nSPS) is 17.1. The molecule has 1 aliphatic heterocycles. The molecule has 1 fully saturated rings. The second-order valence-corrected chi connectivity index (χ2v) is 8.03. The van der Waals surface area contributed by atoms with E-state index in [4.69, 9.17) is 0 Å². The number of aliphatic hydroxyl groups is 2. The molecule has 152 valence electrons. The molecular weight excluding hydrogens is 370 g/mol. The van der Waals surface area contributed by atoms with E-state index >= 15 is 0 Å². The maximum Gasteiger partial charge on any atom is 0.256 e. The zero-order valence-electron chi connectivity index (χ0n) is 16.8. The van der Waals surface area contributed by atoms with Gasteiger partial charge in [-0.3, -0.25) is 4.79 Å². The third kappa shape index (κ3) is 3.94. The smallest absolute Gasteiger partial charge is 0.256 e. The molecule has 2 aromatic heterocycles. The number of anilines is 2.